The maximum absolute atomic E-state index is 12.1. The third-order valence-corrected chi connectivity index (χ3v) is 2.67. The van der Waals surface area contributed by atoms with Crippen LogP contribution in [0.1, 0.15) is 26.3 Å². The number of hydrogen-bond donors (Lipinski definition) is 2. The maximum atomic E-state index is 12.1. The third kappa shape index (κ3) is 4.37. The standard InChI is InChI=1S/C14H21NO3/c1-10(2)15(9-11(3)16)14(18)8-12-5-4-6-13(17)7-12/h4-7,10-11,16-17H,8-9H2,1-3H3. The molecule has 1 amide bonds. The number of aliphatic hydroxyl groups is 1. The molecule has 0 bridgehead atoms. The van der Waals surface area contributed by atoms with Gasteiger partial charge in [0.05, 0.1) is 12.5 Å². The van der Waals surface area contributed by atoms with Crippen LogP contribution in [0.4, 0.5) is 0 Å². The van der Waals surface area contributed by atoms with Crippen molar-refractivity contribution in [2.75, 3.05) is 6.54 Å². The molecule has 0 heterocycles. The Morgan fingerprint density at radius 1 is 1.33 bits per heavy atom. The van der Waals surface area contributed by atoms with Crippen molar-refractivity contribution in [2.24, 2.45) is 0 Å². The Balaban J connectivity index is 2.72. The molecule has 1 unspecified atom stereocenters. The van der Waals surface area contributed by atoms with Crippen LogP contribution in [0.15, 0.2) is 24.3 Å². The fourth-order valence-electron chi connectivity index (χ4n) is 1.83. The molecule has 1 aromatic rings. The molecular weight excluding hydrogens is 230 g/mol. The van der Waals surface area contributed by atoms with Crippen LogP contribution in [-0.2, 0) is 11.2 Å². The molecule has 1 rings (SSSR count). The molecule has 0 aliphatic carbocycles. The molecule has 0 aromatic heterocycles. The third-order valence-electron chi connectivity index (χ3n) is 2.67. The molecule has 0 fully saturated rings. The lowest BCUT2D eigenvalue weighted by Crippen LogP contribution is -2.42. The van der Waals surface area contributed by atoms with Crippen LogP contribution in [-0.4, -0.2) is 39.7 Å². The first-order valence-electron chi connectivity index (χ1n) is 6.15. The first-order chi connectivity index (χ1) is 8.40. The Bertz CT molecular complexity index is 402. The van der Waals surface area contributed by atoms with Crippen LogP contribution in [0.3, 0.4) is 0 Å². The van der Waals surface area contributed by atoms with Gasteiger partial charge in [-0.1, -0.05) is 12.1 Å². The highest BCUT2D eigenvalue weighted by molar-refractivity contribution is 5.79. The lowest BCUT2D eigenvalue weighted by atomic mass is 10.1. The van der Waals surface area contributed by atoms with Crippen molar-refractivity contribution in [3.8, 4) is 5.75 Å². The van der Waals surface area contributed by atoms with Gasteiger partial charge in [0.2, 0.25) is 5.91 Å². The quantitative estimate of drug-likeness (QED) is 0.834. The Morgan fingerprint density at radius 2 is 2.00 bits per heavy atom. The number of phenolic OH excluding ortho intramolecular Hbond substituents is 1. The average molecular weight is 251 g/mol. The molecule has 1 aromatic carbocycles. The second-order valence-corrected chi connectivity index (χ2v) is 4.84. The van der Waals surface area contributed by atoms with Gasteiger partial charge in [0.15, 0.2) is 0 Å². The number of benzene rings is 1. The molecule has 0 radical (unpaired) electrons. The van der Waals surface area contributed by atoms with E-state index in [0.717, 1.165) is 5.56 Å². The molecule has 4 nitrogen and oxygen atoms in total. The highest BCUT2D eigenvalue weighted by atomic mass is 16.3. The normalized spacial score (nSPS) is 12.5. The minimum absolute atomic E-state index is 0.0449. The van der Waals surface area contributed by atoms with Gasteiger partial charge in [-0.25, -0.2) is 0 Å². The van der Waals surface area contributed by atoms with Crippen LogP contribution in [0.25, 0.3) is 0 Å². The monoisotopic (exact) mass is 251 g/mol. The minimum atomic E-state index is -0.541. The second kappa shape index (κ2) is 6.40. The van der Waals surface area contributed by atoms with E-state index in [2.05, 4.69) is 0 Å². The van der Waals surface area contributed by atoms with Gasteiger partial charge in [0.25, 0.3) is 0 Å². The SMILES string of the molecule is CC(O)CN(C(=O)Cc1cccc(O)c1)C(C)C. The molecule has 0 aliphatic rings. The smallest absolute Gasteiger partial charge is 0.227 e. The van der Waals surface area contributed by atoms with Crippen molar-refractivity contribution < 1.29 is 15.0 Å². The molecule has 100 valence electrons. The summed E-state index contributed by atoms with van der Waals surface area (Å²) >= 11 is 0. The predicted octanol–water partition coefficient (Wildman–Crippen LogP) is 1.55. The summed E-state index contributed by atoms with van der Waals surface area (Å²) in [5, 5.41) is 18.8. The zero-order valence-corrected chi connectivity index (χ0v) is 11.1. The molecule has 4 heteroatoms. The highest BCUT2D eigenvalue weighted by Gasteiger charge is 2.18. The van der Waals surface area contributed by atoms with Crippen molar-refractivity contribution in [3.63, 3.8) is 0 Å². The van der Waals surface area contributed by atoms with Crippen LogP contribution in [0.2, 0.25) is 0 Å². The molecule has 18 heavy (non-hydrogen) atoms. The lowest BCUT2D eigenvalue weighted by Gasteiger charge is -2.28. The second-order valence-electron chi connectivity index (χ2n) is 4.84. The summed E-state index contributed by atoms with van der Waals surface area (Å²) in [4.78, 5) is 13.8. The van der Waals surface area contributed by atoms with E-state index < -0.39 is 6.10 Å². The summed E-state index contributed by atoms with van der Waals surface area (Å²) in [5.74, 6) is 0.114. The molecule has 0 saturated carbocycles. The van der Waals surface area contributed by atoms with E-state index in [9.17, 15) is 15.0 Å². The topological polar surface area (TPSA) is 60.8 Å². The fraction of sp³-hybridized carbons (Fsp3) is 0.500. The summed E-state index contributed by atoms with van der Waals surface area (Å²) < 4.78 is 0. The van der Waals surface area contributed by atoms with Gasteiger partial charge in [0.1, 0.15) is 5.75 Å². The minimum Gasteiger partial charge on any atom is -0.508 e. The van der Waals surface area contributed by atoms with Crippen LogP contribution < -0.4 is 0 Å². The largest absolute Gasteiger partial charge is 0.508 e. The summed E-state index contributed by atoms with van der Waals surface area (Å²) in [5.41, 5.74) is 0.774. The molecule has 0 spiro atoms. The van der Waals surface area contributed by atoms with Gasteiger partial charge < -0.3 is 15.1 Å². The number of hydrogen-bond acceptors (Lipinski definition) is 3. The molecular formula is C14H21NO3. The zero-order valence-electron chi connectivity index (χ0n) is 11.1. The maximum Gasteiger partial charge on any atom is 0.227 e. The van der Waals surface area contributed by atoms with Gasteiger partial charge >= 0.3 is 0 Å². The molecule has 0 aliphatic heterocycles. The number of amides is 1. The lowest BCUT2D eigenvalue weighted by molar-refractivity contribution is -0.133. The van der Waals surface area contributed by atoms with Crippen LogP contribution in [0.5, 0.6) is 5.75 Å². The molecule has 2 N–H and O–H groups in total. The molecule has 1 atom stereocenters. The summed E-state index contributed by atoms with van der Waals surface area (Å²) in [6.07, 6.45) is -0.306. The number of rotatable bonds is 5. The van der Waals surface area contributed by atoms with Gasteiger partial charge in [-0.3, -0.25) is 4.79 Å². The number of carbonyl (C=O) groups is 1. The van der Waals surface area contributed by atoms with E-state index >= 15 is 0 Å². The summed E-state index contributed by atoms with van der Waals surface area (Å²) in [6.45, 7) is 5.83. The Labute approximate surface area is 108 Å². The van der Waals surface area contributed by atoms with Gasteiger partial charge in [-0.2, -0.15) is 0 Å². The van der Waals surface area contributed by atoms with E-state index in [4.69, 9.17) is 0 Å². The number of aromatic hydroxyl groups is 1. The van der Waals surface area contributed by atoms with E-state index in [1.54, 1.807) is 36.1 Å². The van der Waals surface area contributed by atoms with Gasteiger partial charge in [0, 0.05) is 12.6 Å². The van der Waals surface area contributed by atoms with Crippen molar-refractivity contribution in [3.05, 3.63) is 29.8 Å². The number of phenols is 1. The average Bonchev–Trinajstić information content (AvgIpc) is 2.25. The van der Waals surface area contributed by atoms with Crippen LogP contribution in [0, 0.1) is 0 Å². The predicted molar refractivity (Wildman–Crippen MR) is 70.3 cm³/mol. The molecule has 0 saturated heterocycles. The van der Waals surface area contributed by atoms with Gasteiger partial charge in [-0.05, 0) is 38.5 Å². The zero-order chi connectivity index (χ0) is 13.7. The number of nitrogens with zero attached hydrogens (tertiary/aromatic N) is 1. The van der Waals surface area contributed by atoms with Crippen molar-refractivity contribution >= 4 is 5.91 Å². The van der Waals surface area contributed by atoms with Crippen molar-refractivity contribution in [2.45, 2.75) is 39.3 Å². The van der Waals surface area contributed by atoms with E-state index in [1.807, 2.05) is 13.8 Å². The van der Waals surface area contributed by atoms with Crippen molar-refractivity contribution in [1.82, 2.24) is 4.90 Å². The van der Waals surface area contributed by atoms with Crippen molar-refractivity contribution in [1.29, 1.82) is 0 Å². The van der Waals surface area contributed by atoms with E-state index in [0.29, 0.717) is 6.54 Å². The Morgan fingerprint density at radius 3 is 2.50 bits per heavy atom. The summed E-state index contributed by atoms with van der Waals surface area (Å²) in [7, 11) is 0. The fourth-order valence-corrected chi connectivity index (χ4v) is 1.83. The Kier molecular flexibility index (Phi) is 5.16. The van der Waals surface area contributed by atoms with Gasteiger partial charge in [-0.15, -0.1) is 0 Å². The number of aliphatic hydroxyl groups excluding tert-OH is 1. The Hall–Kier alpha value is -1.55. The number of carbonyl (C=O) groups excluding carboxylic acids is 1. The summed E-state index contributed by atoms with van der Waals surface area (Å²) in [6, 6.07) is 6.72. The van der Waals surface area contributed by atoms with Crippen LogP contribution >= 0.6 is 0 Å². The first-order valence-corrected chi connectivity index (χ1v) is 6.15. The van der Waals surface area contributed by atoms with E-state index in [-0.39, 0.29) is 24.1 Å². The first kappa shape index (κ1) is 14.5. The highest BCUT2D eigenvalue weighted by Crippen LogP contribution is 2.13. The van der Waals surface area contributed by atoms with E-state index in [1.165, 1.54) is 0 Å².